The molecule has 26 heavy (non-hydrogen) atoms. The van der Waals surface area contributed by atoms with Gasteiger partial charge in [-0.05, 0) is 24.3 Å². The normalized spacial score (nSPS) is 15.7. The number of nitrogens with zero attached hydrogens (tertiary/aromatic N) is 3. The Balaban J connectivity index is 1.39. The highest BCUT2D eigenvalue weighted by Crippen LogP contribution is 2.19. The van der Waals surface area contributed by atoms with Gasteiger partial charge in [0.15, 0.2) is 0 Å². The van der Waals surface area contributed by atoms with Crippen LogP contribution in [0, 0.1) is 0 Å². The summed E-state index contributed by atoms with van der Waals surface area (Å²) in [5, 5.41) is 4.90. The van der Waals surface area contributed by atoms with Crippen LogP contribution in [0.5, 0.6) is 0 Å². The van der Waals surface area contributed by atoms with Gasteiger partial charge in [0.25, 0.3) is 5.56 Å². The number of nitrogens with one attached hydrogen (secondary N) is 1. The summed E-state index contributed by atoms with van der Waals surface area (Å²) < 4.78 is 1.31. The number of thiophene rings is 1. The number of fused-ring (bicyclic) bond motifs is 1. The summed E-state index contributed by atoms with van der Waals surface area (Å²) in [7, 11) is 0. The Kier molecular flexibility index (Phi) is 4.84. The predicted molar refractivity (Wildman–Crippen MR) is 107 cm³/mol. The van der Waals surface area contributed by atoms with Crippen molar-refractivity contribution in [2.75, 3.05) is 37.6 Å². The third kappa shape index (κ3) is 3.42. The zero-order valence-electron chi connectivity index (χ0n) is 14.2. The highest BCUT2D eigenvalue weighted by atomic mass is 35.5. The Hall–Kier alpha value is -2.09. The molecule has 1 N–H and O–H groups in total. The third-order valence-electron chi connectivity index (χ3n) is 4.83. The summed E-state index contributed by atoms with van der Waals surface area (Å²) in [5.41, 5.74) is 1.26. The topological polar surface area (TPSA) is 61.3 Å². The van der Waals surface area contributed by atoms with Gasteiger partial charge in [0, 0.05) is 60.7 Å². The van der Waals surface area contributed by atoms with Crippen LogP contribution in [0.2, 0.25) is 5.02 Å². The molecule has 8 heteroatoms. The van der Waals surface area contributed by atoms with Gasteiger partial charge < -0.3 is 9.88 Å². The standard InChI is InChI=1S/C18H19ClN4O2S/c19-13-1-3-14(4-2-13)22-8-5-21(6-9-22)7-10-23-17(24)15-11-26-12-16(15)20-18(23)25/h1-4,11-12H,5-10H2,(H,20,25). The molecule has 0 amide bonds. The van der Waals surface area contributed by atoms with E-state index >= 15 is 0 Å². The van der Waals surface area contributed by atoms with Crippen molar-refractivity contribution in [1.29, 1.82) is 0 Å². The minimum atomic E-state index is -0.333. The predicted octanol–water partition coefficient (Wildman–Crippen LogP) is 2.23. The Labute approximate surface area is 159 Å². The van der Waals surface area contributed by atoms with Gasteiger partial charge in [0.1, 0.15) is 0 Å². The first-order valence-corrected chi connectivity index (χ1v) is 9.86. The Morgan fingerprint density at radius 3 is 2.46 bits per heavy atom. The molecule has 1 aliphatic heterocycles. The molecule has 1 saturated heterocycles. The van der Waals surface area contributed by atoms with E-state index in [1.54, 1.807) is 10.8 Å². The lowest BCUT2D eigenvalue weighted by molar-refractivity contribution is 0.246. The quantitative estimate of drug-likeness (QED) is 0.742. The summed E-state index contributed by atoms with van der Waals surface area (Å²) in [5.74, 6) is 0. The van der Waals surface area contributed by atoms with Crippen LogP contribution < -0.4 is 16.1 Å². The van der Waals surface area contributed by atoms with Crippen molar-refractivity contribution in [3.63, 3.8) is 0 Å². The first kappa shape index (κ1) is 17.3. The van der Waals surface area contributed by atoms with Gasteiger partial charge in [-0.2, -0.15) is 0 Å². The van der Waals surface area contributed by atoms with Gasteiger partial charge in [0.2, 0.25) is 0 Å². The second kappa shape index (κ2) is 7.26. The van der Waals surface area contributed by atoms with Crippen LogP contribution in [-0.4, -0.2) is 47.2 Å². The first-order chi connectivity index (χ1) is 12.6. The number of hydrogen-bond acceptors (Lipinski definition) is 5. The van der Waals surface area contributed by atoms with Crippen molar-refractivity contribution < 1.29 is 0 Å². The first-order valence-electron chi connectivity index (χ1n) is 8.54. The van der Waals surface area contributed by atoms with Crippen molar-refractivity contribution in [2.45, 2.75) is 6.54 Å². The molecule has 0 bridgehead atoms. The number of halogens is 1. The molecule has 136 valence electrons. The van der Waals surface area contributed by atoms with Crippen molar-refractivity contribution >= 4 is 39.5 Å². The molecule has 0 spiro atoms. The van der Waals surface area contributed by atoms with Crippen molar-refractivity contribution in [2.24, 2.45) is 0 Å². The van der Waals surface area contributed by atoms with E-state index in [-0.39, 0.29) is 11.2 Å². The lowest BCUT2D eigenvalue weighted by Crippen LogP contribution is -2.48. The van der Waals surface area contributed by atoms with Crippen LogP contribution in [0.15, 0.2) is 44.6 Å². The SMILES string of the molecule is O=c1[nH]c2cscc2c(=O)n1CCN1CCN(c2ccc(Cl)cc2)CC1. The summed E-state index contributed by atoms with van der Waals surface area (Å²) in [6, 6.07) is 7.88. The third-order valence-corrected chi connectivity index (χ3v) is 5.82. The number of benzene rings is 1. The average molecular weight is 391 g/mol. The molecule has 0 unspecified atom stereocenters. The van der Waals surface area contributed by atoms with Crippen molar-refractivity contribution in [3.05, 3.63) is 60.9 Å². The van der Waals surface area contributed by atoms with E-state index in [1.807, 2.05) is 24.3 Å². The fourth-order valence-corrected chi connectivity index (χ4v) is 4.19. The Morgan fingerprint density at radius 1 is 1.00 bits per heavy atom. The van der Waals surface area contributed by atoms with E-state index in [1.165, 1.54) is 21.6 Å². The highest BCUT2D eigenvalue weighted by molar-refractivity contribution is 7.09. The molecule has 3 heterocycles. The number of anilines is 1. The molecule has 1 fully saturated rings. The van der Waals surface area contributed by atoms with Gasteiger partial charge in [-0.15, -0.1) is 11.3 Å². The molecule has 4 rings (SSSR count). The minimum absolute atomic E-state index is 0.204. The van der Waals surface area contributed by atoms with E-state index in [9.17, 15) is 9.59 Å². The number of piperazine rings is 1. The smallest absolute Gasteiger partial charge is 0.328 e. The number of H-pyrrole nitrogens is 1. The van der Waals surface area contributed by atoms with Crippen LogP contribution in [0.25, 0.3) is 10.9 Å². The second-order valence-corrected chi connectivity index (χ2v) is 7.57. The zero-order chi connectivity index (χ0) is 18.1. The molecular weight excluding hydrogens is 372 g/mol. The molecule has 2 aromatic heterocycles. The second-order valence-electron chi connectivity index (χ2n) is 6.39. The van der Waals surface area contributed by atoms with Gasteiger partial charge in [-0.25, -0.2) is 4.79 Å². The largest absolute Gasteiger partial charge is 0.369 e. The fraction of sp³-hybridized carbons (Fsp3) is 0.333. The highest BCUT2D eigenvalue weighted by Gasteiger charge is 2.18. The minimum Gasteiger partial charge on any atom is -0.369 e. The lowest BCUT2D eigenvalue weighted by Gasteiger charge is -2.36. The maximum Gasteiger partial charge on any atom is 0.328 e. The molecule has 0 aliphatic carbocycles. The molecular formula is C18H19ClN4O2S. The summed E-state index contributed by atoms with van der Waals surface area (Å²) in [4.78, 5) is 32.0. The van der Waals surface area contributed by atoms with Gasteiger partial charge in [-0.1, -0.05) is 11.6 Å². The molecule has 0 saturated carbocycles. The Morgan fingerprint density at radius 2 is 1.73 bits per heavy atom. The lowest BCUT2D eigenvalue weighted by atomic mass is 10.2. The zero-order valence-corrected chi connectivity index (χ0v) is 15.7. The number of aromatic nitrogens is 2. The number of aromatic amines is 1. The fourth-order valence-electron chi connectivity index (χ4n) is 3.31. The van der Waals surface area contributed by atoms with Crippen LogP contribution >= 0.6 is 22.9 Å². The number of rotatable bonds is 4. The molecule has 0 atom stereocenters. The monoisotopic (exact) mass is 390 g/mol. The molecule has 3 aromatic rings. The van der Waals surface area contributed by atoms with E-state index < -0.39 is 0 Å². The van der Waals surface area contributed by atoms with Crippen LogP contribution in [-0.2, 0) is 6.54 Å². The van der Waals surface area contributed by atoms with E-state index in [4.69, 9.17) is 11.6 Å². The average Bonchev–Trinajstić information content (AvgIpc) is 3.11. The summed E-state index contributed by atoms with van der Waals surface area (Å²) in [6.07, 6.45) is 0. The molecule has 6 nitrogen and oxygen atoms in total. The van der Waals surface area contributed by atoms with Crippen molar-refractivity contribution in [3.8, 4) is 0 Å². The van der Waals surface area contributed by atoms with Gasteiger partial charge in [-0.3, -0.25) is 14.3 Å². The summed E-state index contributed by atoms with van der Waals surface area (Å²) in [6.45, 7) is 4.72. The maximum absolute atomic E-state index is 12.5. The molecule has 1 aliphatic rings. The van der Waals surface area contributed by atoms with Gasteiger partial charge >= 0.3 is 5.69 Å². The van der Waals surface area contributed by atoms with E-state index in [2.05, 4.69) is 14.8 Å². The number of hydrogen-bond donors (Lipinski definition) is 1. The van der Waals surface area contributed by atoms with Crippen LogP contribution in [0.1, 0.15) is 0 Å². The molecule has 0 radical (unpaired) electrons. The summed E-state index contributed by atoms with van der Waals surface area (Å²) >= 11 is 7.37. The van der Waals surface area contributed by atoms with Gasteiger partial charge in [0.05, 0.1) is 10.9 Å². The van der Waals surface area contributed by atoms with E-state index in [0.717, 1.165) is 31.2 Å². The Bertz CT molecular complexity index is 1020. The molecule has 1 aromatic carbocycles. The maximum atomic E-state index is 12.5. The van der Waals surface area contributed by atoms with Crippen LogP contribution in [0.4, 0.5) is 5.69 Å². The van der Waals surface area contributed by atoms with Crippen LogP contribution in [0.3, 0.4) is 0 Å². The van der Waals surface area contributed by atoms with E-state index in [0.29, 0.717) is 24.0 Å². The van der Waals surface area contributed by atoms with Crippen molar-refractivity contribution in [1.82, 2.24) is 14.5 Å².